The summed E-state index contributed by atoms with van der Waals surface area (Å²) < 4.78 is 41.3. The zero-order valence-corrected chi connectivity index (χ0v) is 26.7. The number of likely N-dealkylation sites (N-methyl/N-ethyl adjacent to an activating group) is 1. The highest BCUT2D eigenvalue weighted by Gasteiger charge is 2.41. The molecule has 0 radical (unpaired) electrons. The number of aryl methyl sites for hydroxylation is 2. The van der Waals surface area contributed by atoms with E-state index < -0.39 is 15.9 Å². The minimum Gasteiger partial charge on any atom is -0.497 e. The van der Waals surface area contributed by atoms with Gasteiger partial charge < -0.3 is 19.8 Å². The number of primary amides is 1. The SMILES string of the molecule is COc1cc(C)c(S(=O)(=O)N(CC(Cc2ccc(CN3CCC(N(C)C)C3)cc2)c2cc(C(N)=O)co2)C2CC2)c(C)c1. The second kappa shape index (κ2) is 12.8. The van der Waals surface area contributed by atoms with Gasteiger partial charge in [0.25, 0.3) is 5.91 Å². The van der Waals surface area contributed by atoms with Crippen LogP contribution in [0.15, 0.2) is 58.0 Å². The average Bonchev–Trinajstić information content (AvgIpc) is 3.45. The molecule has 2 heterocycles. The van der Waals surface area contributed by atoms with Crippen LogP contribution in [0, 0.1) is 13.8 Å². The van der Waals surface area contributed by atoms with Crippen molar-refractivity contribution in [1.29, 1.82) is 0 Å². The predicted molar refractivity (Wildman–Crippen MR) is 167 cm³/mol. The van der Waals surface area contributed by atoms with E-state index >= 15 is 0 Å². The zero-order chi connectivity index (χ0) is 30.9. The highest BCUT2D eigenvalue weighted by molar-refractivity contribution is 7.89. The van der Waals surface area contributed by atoms with Crippen LogP contribution in [0.2, 0.25) is 0 Å². The van der Waals surface area contributed by atoms with E-state index in [1.807, 2.05) is 0 Å². The molecule has 5 rings (SSSR count). The fraction of sp³-hybridized carbons (Fsp3) is 0.485. The highest BCUT2D eigenvalue weighted by atomic mass is 32.2. The number of nitrogens with two attached hydrogens (primary N) is 1. The number of hydrogen-bond donors (Lipinski definition) is 1. The van der Waals surface area contributed by atoms with Crippen molar-refractivity contribution in [3.05, 3.63) is 82.3 Å². The number of methoxy groups -OCH3 is 1. The lowest BCUT2D eigenvalue weighted by molar-refractivity contribution is 0.0999. The Morgan fingerprint density at radius 2 is 1.70 bits per heavy atom. The molecule has 232 valence electrons. The monoisotopic (exact) mass is 608 g/mol. The molecule has 2 N–H and O–H groups in total. The second-order valence-electron chi connectivity index (χ2n) is 12.4. The molecule has 2 atom stereocenters. The largest absolute Gasteiger partial charge is 0.497 e. The molecule has 2 unspecified atom stereocenters. The standard InChI is InChI=1S/C33H44N4O5S/c1-22-14-30(41-5)15-23(2)32(22)43(39,40)37(28-10-11-28)19-26(31-17-27(21-42-31)33(34)38)16-24-6-8-25(9-7-24)18-36-13-12-29(20-36)35(3)4/h6-9,14-15,17,21,26,28-29H,10-13,16,18-20H2,1-5H3,(H2,34,38). The number of sulfonamides is 1. The van der Waals surface area contributed by atoms with E-state index in [9.17, 15) is 13.2 Å². The first-order chi connectivity index (χ1) is 20.5. The van der Waals surface area contributed by atoms with Gasteiger partial charge in [-0.25, -0.2) is 8.42 Å². The Labute approximate surface area is 255 Å². The van der Waals surface area contributed by atoms with Crippen LogP contribution in [0.1, 0.15) is 63.6 Å². The minimum atomic E-state index is -3.82. The third kappa shape index (κ3) is 7.15. The third-order valence-electron chi connectivity index (χ3n) is 8.79. The molecule has 3 aromatic rings. The number of hydrogen-bond acceptors (Lipinski definition) is 7. The summed E-state index contributed by atoms with van der Waals surface area (Å²) in [4.78, 5) is 17.0. The molecule has 2 aromatic carbocycles. The summed E-state index contributed by atoms with van der Waals surface area (Å²) in [6.45, 7) is 6.90. The van der Waals surface area contributed by atoms with E-state index in [0.717, 1.165) is 38.0 Å². The number of benzene rings is 2. The van der Waals surface area contributed by atoms with Crippen molar-refractivity contribution in [3.8, 4) is 5.75 Å². The number of furan rings is 1. The lowest BCUT2D eigenvalue weighted by atomic mass is 9.95. The number of carbonyl (C=O) groups excluding carboxylic acids is 1. The highest BCUT2D eigenvalue weighted by Crippen LogP contribution is 2.38. The van der Waals surface area contributed by atoms with E-state index in [2.05, 4.69) is 48.2 Å². The molecular weight excluding hydrogens is 564 g/mol. The molecule has 0 bridgehead atoms. The van der Waals surface area contributed by atoms with Crippen LogP contribution in [0.3, 0.4) is 0 Å². The van der Waals surface area contributed by atoms with E-state index in [1.165, 1.54) is 18.2 Å². The van der Waals surface area contributed by atoms with E-state index in [-0.39, 0.29) is 24.1 Å². The Morgan fingerprint density at radius 1 is 1.05 bits per heavy atom. The molecule has 10 heteroatoms. The molecule has 9 nitrogen and oxygen atoms in total. The Hall–Kier alpha value is -3.18. The van der Waals surface area contributed by atoms with Gasteiger partial charge in [0, 0.05) is 44.2 Å². The number of nitrogens with zero attached hydrogens (tertiary/aromatic N) is 3. The number of carbonyl (C=O) groups is 1. The van der Waals surface area contributed by atoms with Crippen LogP contribution in [-0.2, 0) is 23.0 Å². The van der Waals surface area contributed by atoms with Gasteiger partial charge >= 0.3 is 0 Å². The van der Waals surface area contributed by atoms with E-state index in [0.29, 0.717) is 40.0 Å². The maximum atomic E-state index is 14.2. The fourth-order valence-corrected chi connectivity index (χ4v) is 8.37. The lowest BCUT2D eigenvalue weighted by Gasteiger charge is -2.28. The molecular formula is C33H44N4O5S. The maximum absolute atomic E-state index is 14.2. The average molecular weight is 609 g/mol. The number of ether oxygens (including phenoxy) is 1. The summed E-state index contributed by atoms with van der Waals surface area (Å²) in [6.07, 6.45) is 4.71. The molecule has 1 amide bonds. The molecule has 1 saturated heterocycles. The van der Waals surface area contributed by atoms with Crippen LogP contribution >= 0.6 is 0 Å². The lowest BCUT2D eigenvalue weighted by Crippen LogP contribution is -2.37. The van der Waals surface area contributed by atoms with Crippen molar-refractivity contribution in [1.82, 2.24) is 14.1 Å². The molecule has 1 saturated carbocycles. The molecule has 1 aliphatic heterocycles. The van der Waals surface area contributed by atoms with Crippen molar-refractivity contribution in [3.63, 3.8) is 0 Å². The molecule has 43 heavy (non-hydrogen) atoms. The van der Waals surface area contributed by atoms with Gasteiger partial charge in [0.05, 0.1) is 17.6 Å². The van der Waals surface area contributed by atoms with Gasteiger partial charge in [-0.15, -0.1) is 0 Å². The summed E-state index contributed by atoms with van der Waals surface area (Å²) in [5.41, 5.74) is 9.43. The van der Waals surface area contributed by atoms with Crippen molar-refractivity contribution in [2.75, 3.05) is 40.8 Å². The molecule has 2 aliphatic rings. The fourth-order valence-electron chi connectivity index (χ4n) is 6.23. The van der Waals surface area contributed by atoms with Crippen LogP contribution in [0.4, 0.5) is 0 Å². The Bertz CT molecular complexity index is 1520. The van der Waals surface area contributed by atoms with Crippen LogP contribution < -0.4 is 10.5 Å². The Morgan fingerprint density at radius 3 is 2.23 bits per heavy atom. The van der Waals surface area contributed by atoms with Gasteiger partial charge in [-0.3, -0.25) is 9.69 Å². The van der Waals surface area contributed by atoms with Gasteiger partial charge in [0.1, 0.15) is 17.8 Å². The van der Waals surface area contributed by atoms with Gasteiger partial charge in [-0.2, -0.15) is 4.31 Å². The topological polar surface area (TPSA) is 109 Å². The number of rotatable bonds is 13. The Kier molecular flexibility index (Phi) is 9.31. The minimum absolute atomic E-state index is 0.0761. The Balaban J connectivity index is 1.40. The van der Waals surface area contributed by atoms with E-state index in [4.69, 9.17) is 14.9 Å². The van der Waals surface area contributed by atoms with E-state index in [1.54, 1.807) is 43.5 Å². The first kappa shape index (κ1) is 31.3. The quantitative estimate of drug-likeness (QED) is 0.308. The predicted octanol–water partition coefficient (Wildman–Crippen LogP) is 4.32. The van der Waals surface area contributed by atoms with Crippen molar-refractivity contribution in [2.45, 2.75) is 69.0 Å². The number of amides is 1. The molecule has 0 spiro atoms. The number of likely N-dealkylation sites (tertiary alicyclic amines) is 1. The summed E-state index contributed by atoms with van der Waals surface area (Å²) in [6, 6.07) is 14.2. The second-order valence-corrected chi connectivity index (χ2v) is 14.2. The van der Waals surface area contributed by atoms with Gasteiger partial charge in [0.15, 0.2) is 0 Å². The first-order valence-electron chi connectivity index (χ1n) is 15.0. The summed E-state index contributed by atoms with van der Waals surface area (Å²) in [5, 5.41) is 0. The van der Waals surface area contributed by atoms with Gasteiger partial charge in [-0.05, 0) is 94.1 Å². The third-order valence-corrected chi connectivity index (χ3v) is 11.0. The molecule has 1 aromatic heterocycles. The summed E-state index contributed by atoms with van der Waals surface area (Å²) >= 11 is 0. The van der Waals surface area contributed by atoms with Crippen LogP contribution in [0.5, 0.6) is 5.75 Å². The van der Waals surface area contributed by atoms with Crippen LogP contribution in [-0.4, -0.2) is 81.4 Å². The maximum Gasteiger partial charge on any atom is 0.251 e. The smallest absolute Gasteiger partial charge is 0.251 e. The summed E-state index contributed by atoms with van der Waals surface area (Å²) in [7, 11) is 2.03. The summed E-state index contributed by atoms with van der Waals surface area (Å²) in [5.74, 6) is 0.291. The van der Waals surface area contributed by atoms with Crippen molar-refractivity contribution < 1.29 is 22.4 Å². The van der Waals surface area contributed by atoms with Crippen molar-refractivity contribution in [2.24, 2.45) is 5.73 Å². The van der Waals surface area contributed by atoms with Gasteiger partial charge in [-0.1, -0.05) is 24.3 Å². The van der Waals surface area contributed by atoms with Crippen molar-refractivity contribution >= 4 is 15.9 Å². The molecule has 1 aliphatic carbocycles. The van der Waals surface area contributed by atoms with Crippen LogP contribution in [0.25, 0.3) is 0 Å². The molecule has 2 fully saturated rings. The van der Waals surface area contributed by atoms with Gasteiger partial charge in [0.2, 0.25) is 10.0 Å². The first-order valence-corrected chi connectivity index (χ1v) is 16.4. The zero-order valence-electron chi connectivity index (χ0n) is 25.9. The normalized spacial score (nSPS) is 18.4.